The summed E-state index contributed by atoms with van der Waals surface area (Å²) in [5, 5.41) is 2.56. The molecule has 0 aliphatic rings. The number of pyridine rings is 1. The summed E-state index contributed by atoms with van der Waals surface area (Å²) in [6.07, 6.45) is 0.888. The average Bonchev–Trinajstić information content (AvgIpc) is 2.37. The van der Waals surface area contributed by atoms with Gasteiger partial charge in [0, 0.05) is 14.1 Å². The van der Waals surface area contributed by atoms with Crippen LogP contribution in [0.4, 0.5) is 11.5 Å². The van der Waals surface area contributed by atoms with E-state index in [2.05, 4.69) is 10.3 Å². The van der Waals surface area contributed by atoms with Gasteiger partial charge in [-0.2, -0.15) is 4.98 Å². The van der Waals surface area contributed by atoms with Crippen LogP contribution in [0.3, 0.4) is 0 Å². The second-order valence-electron chi connectivity index (χ2n) is 3.94. The summed E-state index contributed by atoms with van der Waals surface area (Å²) < 4.78 is 5.44. The molecule has 1 amide bonds. The fourth-order valence-electron chi connectivity index (χ4n) is 1.34. The molecule has 3 N–H and O–H groups in total. The van der Waals surface area contributed by atoms with Crippen molar-refractivity contribution < 1.29 is 9.53 Å². The minimum atomic E-state index is -0.0767. The maximum atomic E-state index is 11.3. The molecule has 0 saturated heterocycles. The van der Waals surface area contributed by atoms with Gasteiger partial charge in [-0.15, -0.1) is 0 Å². The van der Waals surface area contributed by atoms with E-state index in [-0.39, 0.29) is 12.5 Å². The Labute approximate surface area is 107 Å². The predicted molar refractivity (Wildman–Crippen MR) is 71.8 cm³/mol. The Morgan fingerprint density at radius 1 is 1.56 bits per heavy atom. The van der Waals surface area contributed by atoms with E-state index in [1.54, 1.807) is 31.1 Å². The zero-order valence-electron chi connectivity index (χ0n) is 11.1. The summed E-state index contributed by atoms with van der Waals surface area (Å²) in [5.74, 6) is 0.990. The van der Waals surface area contributed by atoms with Gasteiger partial charge in [0.15, 0.2) is 0 Å². The second-order valence-corrected chi connectivity index (χ2v) is 3.94. The molecule has 100 valence electrons. The van der Waals surface area contributed by atoms with Gasteiger partial charge in [-0.1, -0.05) is 6.92 Å². The van der Waals surface area contributed by atoms with E-state index < -0.39 is 0 Å². The number of ether oxygens (including phenoxy) is 1. The van der Waals surface area contributed by atoms with Crippen LogP contribution in [0.2, 0.25) is 0 Å². The number of nitrogens with zero attached hydrogens (tertiary/aromatic N) is 2. The summed E-state index contributed by atoms with van der Waals surface area (Å²) in [7, 11) is 3.39. The summed E-state index contributed by atoms with van der Waals surface area (Å²) in [6.45, 7) is 2.82. The quantitative estimate of drug-likeness (QED) is 0.776. The number of nitrogen functional groups attached to an aromatic ring is 1. The maximum absolute atomic E-state index is 11.3. The van der Waals surface area contributed by atoms with Gasteiger partial charge in [0.25, 0.3) is 0 Å². The Balaban J connectivity index is 2.79. The molecule has 1 heterocycles. The van der Waals surface area contributed by atoms with E-state index >= 15 is 0 Å². The molecule has 0 unspecified atom stereocenters. The van der Waals surface area contributed by atoms with E-state index in [0.29, 0.717) is 24.0 Å². The number of likely N-dealkylation sites (N-methyl/N-ethyl adjacent to an activating group) is 2. The number of nitrogens with one attached hydrogen (secondary N) is 1. The molecular formula is C12H20N4O2. The van der Waals surface area contributed by atoms with Crippen LogP contribution in [-0.2, 0) is 4.79 Å². The van der Waals surface area contributed by atoms with Gasteiger partial charge in [0.05, 0.1) is 18.8 Å². The molecule has 0 aromatic carbocycles. The molecule has 18 heavy (non-hydrogen) atoms. The van der Waals surface area contributed by atoms with Crippen molar-refractivity contribution in [1.82, 2.24) is 10.3 Å². The summed E-state index contributed by atoms with van der Waals surface area (Å²) >= 11 is 0. The van der Waals surface area contributed by atoms with Gasteiger partial charge in [-0.05, 0) is 18.6 Å². The fourth-order valence-corrected chi connectivity index (χ4v) is 1.34. The number of aromatic nitrogens is 1. The topological polar surface area (TPSA) is 80.5 Å². The standard InChI is InChI=1S/C12H20N4O2/c1-4-7-18-12-9(13)5-6-10(15-12)16(3)8-11(17)14-2/h5-6H,4,7-8,13H2,1-3H3,(H,14,17). The highest BCUT2D eigenvalue weighted by molar-refractivity contribution is 5.80. The van der Waals surface area contributed by atoms with Crippen LogP contribution in [0.1, 0.15) is 13.3 Å². The summed E-state index contributed by atoms with van der Waals surface area (Å²) in [5.41, 5.74) is 6.27. The number of amides is 1. The lowest BCUT2D eigenvalue weighted by molar-refractivity contribution is -0.119. The Kier molecular flexibility index (Phi) is 5.23. The molecule has 0 bridgehead atoms. The second kappa shape index (κ2) is 6.68. The van der Waals surface area contributed by atoms with Crippen molar-refractivity contribution in [3.05, 3.63) is 12.1 Å². The van der Waals surface area contributed by atoms with E-state index in [0.717, 1.165) is 6.42 Å². The predicted octanol–water partition coefficient (Wildman–Crippen LogP) is 0.635. The van der Waals surface area contributed by atoms with Crippen LogP contribution < -0.4 is 20.7 Å². The molecule has 0 radical (unpaired) electrons. The van der Waals surface area contributed by atoms with E-state index in [1.165, 1.54) is 0 Å². The SMILES string of the molecule is CCCOc1nc(N(C)CC(=O)NC)ccc1N. The van der Waals surface area contributed by atoms with Crippen molar-refractivity contribution in [1.29, 1.82) is 0 Å². The zero-order chi connectivity index (χ0) is 13.5. The lowest BCUT2D eigenvalue weighted by atomic mass is 10.3. The van der Waals surface area contributed by atoms with Gasteiger partial charge >= 0.3 is 0 Å². The minimum Gasteiger partial charge on any atom is -0.476 e. The van der Waals surface area contributed by atoms with E-state index in [1.807, 2.05) is 6.92 Å². The Morgan fingerprint density at radius 3 is 2.89 bits per heavy atom. The van der Waals surface area contributed by atoms with Gasteiger partial charge in [0.2, 0.25) is 11.8 Å². The smallest absolute Gasteiger partial charge is 0.239 e. The average molecular weight is 252 g/mol. The lowest BCUT2D eigenvalue weighted by Crippen LogP contribution is -2.33. The molecule has 1 aromatic heterocycles. The molecule has 0 atom stereocenters. The molecular weight excluding hydrogens is 232 g/mol. The third-order valence-corrected chi connectivity index (χ3v) is 2.37. The van der Waals surface area contributed by atoms with Gasteiger partial charge in [-0.3, -0.25) is 4.79 Å². The van der Waals surface area contributed by atoms with Crippen LogP contribution in [0.5, 0.6) is 5.88 Å². The Morgan fingerprint density at radius 2 is 2.28 bits per heavy atom. The van der Waals surface area contributed by atoms with Crippen LogP contribution in [0, 0.1) is 0 Å². The normalized spacial score (nSPS) is 9.94. The molecule has 0 fully saturated rings. The molecule has 0 aliphatic carbocycles. The largest absolute Gasteiger partial charge is 0.476 e. The van der Waals surface area contributed by atoms with Gasteiger partial charge in [-0.25, -0.2) is 0 Å². The number of anilines is 2. The highest BCUT2D eigenvalue weighted by atomic mass is 16.5. The first-order valence-electron chi connectivity index (χ1n) is 5.89. The number of nitrogens with two attached hydrogens (primary N) is 1. The van der Waals surface area contributed by atoms with Crippen molar-refractivity contribution in [2.45, 2.75) is 13.3 Å². The molecule has 1 aromatic rings. The third kappa shape index (κ3) is 3.80. The van der Waals surface area contributed by atoms with E-state index in [4.69, 9.17) is 10.5 Å². The highest BCUT2D eigenvalue weighted by Gasteiger charge is 2.10. The lowest BCUT2D eigenvalue weighted by Gasteiger charge is -2.18. The van der Waals surface area contributed by atoms with Crippen molar-refractivity contribution in [2.24, 2.45) is 0 Å². The van der Waals surface area contributed by atoms with Gasteiger partial charge < -0.3 is 20.7 Å². The van der Waals surface area contributed by atoms with Crippen molar-refractivity contribution in [3.8, 4) is 5.88 Å². The summed E-state index contributed by atoms with van der Waals surface area (Å²) in [4.78, 5) is 17.3. The molecule has 6 nitrogen and oxygen atoms in total. The molecule has 0 aliphatic heterocycles. The van der Waals surface area contributed by atoms with Crippen LogP contribution in [0.25, 0.3) is 0 Å². The van der Waals surface area contributed by atoms with Crippen molar-refractivity contribution in [2.75, 3.05) is 37.9 Å². The number of hydrogen-bond acceptors (Lipinski definition) is 5. The monoisotopic (exact) mass is 252 g/mol. The van der Waals surface area contributed by atoms with E-state index in [9.17, 15) is 4.79 Å². The Bertz CT molecular complexity index is 409. The zero-order valence-corrected chi connectivity index (χ0v) is 11.1. The number of carbonyl (C=O) groups is 1. The first kappa shape index (κ1) is 14.1. The number of rotatable bonds is 6. The van der Waals surface area contributed by atoms with Crippen LogP contribution >= 0.6 is 0 Å². The van der Waals surface area contributed by atoms with Crippen molar-refractivity contribution >= 4 is 17.4 Å². The summed E-state index contributed by atoms with van der Waals surface area (Å²) in [6, 6.07) is 3.49. The van der Waals surface area contributed by atoms with Crippen LogP contribution in [0.15, 0.2) is 12.1 Å². The number of hydrogen-bond donors (Lipinski definition) is 2. The first-order valence-corrected chi connectivity index (χ1v) is 5.89. The van der Waals surface area contributed by atoms with Gasteiger partial charge in [0.1, 0.15) is 5.82 Å². The van der Waals surface area contributed by atoms with Crippen LogP contribution in [-0.4, -0.2) is 38.1 Å². The third-order valence-electron chi connectivity index (χ3n) is 2.37. The fraction of sp³-hybridized carbons (Fsp3) is 0.500. The molecule has 0 saturated carbocycles. The van der Waals surface area contributed by atoms with Crippen molar-refractivity contribution in [3.63, 3.8) is 0 Å². The molecule has 0 spiro atoms. The number of carbonyl (C=O) groups excluding carboxylic acids is 1. The molecule has 6 heteroatoms. The first-order chi connectivity index (χ1) is 8.58. The molecule has 1 rings (SSSR count). The Hall–Kier alpha value is -1.98. The maximum Gasteiger partial charge on any atom is 0.239 e. The minimum absolute atomic E-state index is 0.0767. The highest BCUT2D eigenvalue weighted by Crippen LogP contribution is 2.22.